The van der Waals surface area contributed by atoms with E-state index in [2.05, 4.69) is 5.32 Å². The highest BCUT2D eigenvalue weighted by Crippen LogP contribution is 2.34. The van der Waals surface area contributed by atoms with E-state index in [1.54, 1.807) is 30.3 Å². The zero-order valence-corrected chi connectivity index (χ0v) is 13.6. The molecule has 25 heavy (non-hydrogen) atoms. The fourth-order valence-electron chi connectivity index (χ4n) is 2.83. The van der Waals surface area contributed by atoms with Crippen LogP contribution in [0.2, 0.25) is 0 Å². The number of carboxylic acids is 1. The Hall–Kier alpha value is -2.81. The maximum absolute atomic E-state index is 12.4. The number of benzene rings is 1. The lowest BCUT2D eigenvalue weighted by molar-refractivity contribution is -0.150. The minimum absolute atomic E-state index is 0.0305. The number of hydrogen-bond acceptors (Lipinski definition) is 5. The van der Waals surface area contributed by atoms with Gasteiger partial charge in [-0.05, 0) is 11.6 Å². The summed E-state index contributed by atoms with van der Waals surface area (Å²) in [6.45, 7) is 0. The predicted octanol–water partition coefficient (Wildman–Crippen LogP) is -0.819. The SMILES string of the molecule is O=CC1C=C(C(=O)O)N2C(=O)C(NC(=O)Cc3ccccc3)[C@H]2S1=O. The highest BCUT2D eigenvalue weighted by molar-refractivity contribution is 7.87. The molecule has 2 aliphatic heterocycles. The van der Waals surface area contributed by atoms with Crippen molar-refractivity contribution in [1.82, 2.24) is 10.2 Å². The van der Waals surface area contributed by atoms with Gasteiger partial charge in [0, 0.05) is 0 Å². The molecule has 130 valence electrons. The molecule has 0 radical (unpaired) electrons. The monoisotopic (exact) mass is 362 g/mol. The molecule has 2 heterocycles. The Morgan fingerprint density at radius 3 is 2.56 bits per heavy atom. The van der Waals surface area contributed by atoms with Gasteiger partial charge in [0.1, 0.15) is 28.6 Å². The van der Waals surface area contributed by atoms with E-state index >= 15 is 0 Å². The molecule has 9 heteroatoms. The number of aliphatic carboxylic acids is 1. The number of aldehydes is 1. The quantitative estimate of drug-likeness (QED) is 0.522. The first-order chi connectivity index (χ1) is 11.9. The summed E-state index contributed by atoms with van der Waals surface area (Å²) in [5.41, 5.74) is 0.352. The molecule has 8 nitrogen and oxygen atoms in total. The molecule has 0 aromatic heterocycles. The van der Waals surface area contributed by atoms with Gasteiger partial charge in [0.05, 0.1) is 17.2 Å². The van der Waals surface area contributed by atoms with Gasteiger partial charge in [0.25, 0.3) is 5.91 Å². The highest BCUT2D eigenvalue weighted by atomic mass is 32.2. The van der Waals surface area contributed by atoms with Gasteiger partial charge in [0.15, 0.2) is 0 Å². The number of rotatable bonds is 5. The first-order valence-corrected chi connectivity index (χ1v) is 8.68. The largest absolute Gasteiger partial charge is 0.477 e. The van der Waals surface area contributed by atoms with Crippen molar-refractivity contribution >= 4 is 34.9 Å². The summed E-state index contributed by atoms with van der Waals surface area (Å²) in [7, 11) is -1.83. The minimum atomic E-state index is -1.83. The lowest BCUT2D eigenvalue weighted by Crippen LogP contribution is -2.74. The fourth-order valence-corrected chi connectivity index (χ4v) is 4.40. The van der Waals surface area contributed by atoms with E-state index < -0.39 is 45.2 Å². The van der Waals surface area contributed by atoms with Crippen molar-refractivity contribution < 1.29 is 28.5 Å². The van der Waals surface area contributed by atoms with Gasteiger partial charge in [-0.2, -0.15) is 0 Å². The van der Waals surface area contributed by atoms with Crippen LogP contribution >= 0.6 is 0 Å². The van der Waals surface area contributed by atoms with Crippen LogP contribution in [0.4, 0.5) is 0 Å². The van der Waals surface area contributed by atoms with E-state index in [9.17, 15) is 28.5 Å². The van der Waals surface area contributed by atoms with Gasteiger partial charge in [-0.25, -0.2) is 4.79 Å². The van der Waals surface area contributed by atoms with Gasteiger partial charge >= 0.3 is 5.97 Å². The molecular formula is C16H14N2O6S. The van der Waals surface area contributed by atoms with Gasteiger partial charge < -0.3 is 15.2 Å². The molecular weight excluding hydrogens is 348 g/mol. The number of amides is 2. The normalized spacial score (nSPS) is 27.6. The number of fused-ring (bicyclic) bond motifs is 1. The molecule has 2 amide bonds. The van der Waals surface area contributed by atoms with Crippen LogP contribution in [0.5, 0.6) is 0 Å². The first kappa shape index (κ1) is 17.0. The molecule has 1 aromatic rings. The van der Waals surface area contributed by atoms with Crippen LogP contribution in [0.3, 0.4) is 0 Å². The standard InChI is InChI=1S/C16H14N2O6S/c19-8-10-7-11(16(22)23)18-14(21)13(15(18)25(10)24)17-12(20)6-9-4-2-1-3-5-9/h1-5,7-8,10,13,15H,6H2,(H,17,20)(H,22,23)/t10?,13?,15-,25?/m1/s1. The van der Waals surface area contributed by atoms with Gasteiger partial charge in [-0.3, -0.25) is 18.7 Å². The van der Waals surface area contributed by atoms with Crippen LogP contribution in [-0.2, 0) is 36.4 Å². The summed E-state index contributed by atoms with van der Waals surface area (Å²) in [5, 5.41) is 9.48. The third kappa shape index (κ3) is 2.98. The molecule has 0 spiro atoms. The van der Waals surface area contributed by atoms with Crippen molar-refractivity contribution in [3.05, 3.63) is 47.7 Å². The van der Waals surface area contributed by atoms with Crippen LogP contribution in [0, 0.1) is 0 Å². The second-order valence-electron chi connectivity index (χ2n) is 5.59. The molecule has 2 N–H and O–H groups in total. The lowest BCUT2D eigenvalue weighted by Gasteiger charge is -2.48. The Morgan fingerprint density at radius 1 is 1.28 bits per heavy atom. The van der Waals surface area contributed by atoms with Crippen molar-refractivity contribution in [3.63, 3.8) is 0 Å². The van der Waals surface area contributed by atoms with E-state index in [-0.39, 0.29) is 12.1 Å². The highest BCUT2D eigenvalue weighted by Gasteiger charge is 2.57. The third-order valence-electron chi connectivity index (χ3n) is 4.01. The average Bonchev–Trinajstić information content (AvgIpc) is 2.59. The van der Waals surface area contributed by atoms with Crippen molar-refractivity contribution in [2.75, 3.05) is 0 Å². The van der Waals surface area contributed by atoms with E-state index in [0.717, 1.165) is 16.5 Å². The molecule has 0 bridgehead atoms. The Kier molecular flexibility index (Phi) is 4.49. The summed E-state index contributed by atoms with van der Waals surface area (Å²) < 4.78 is 12.4. The topological polar surface area (TPSA) is 121 Å². The zero-order chi connectivity index (χ0) is 18.1. The molecule has 1 fully saturated rings. The third-order valence-corrected chi connectivity index (χ3v) is 5.75. The molecule has 3 rings (SSSR count). The maximum Gasteiger partial charge on any atom is 0.352 e. The van der Waals surface area contributed by atoms with Crippen molar-refractivity contribution in [2.24, 2.45) is 0 Å². The number of carboxylic acid groups (broad SMARTS) is 1. The number of carbonyl (C=O) groups excluding carboxylic acids is 3. The number of β-lactam (4-membered cyclic amide) rings is 1. The van der Waals surface area contributed by atoms with Crippen LogP contribution in [0.15, 0.2) is 42.1 Å². The van der Waals surface area contributed by atoms with Gasteiger partial charge in [-0.1, -0.05) is 30.3 Å². The van der Waals surface area contributed by atoms with Crippen molar-refractivity contribution in [3.8, 4) is 0 Å². The maximum atomic E-state index is 12.4. The number of hydrogen-bond donors (Lipinski definition) is 2. The number of nitrogens with one attached hydrogen (secondary N) is 1. The van der Waals surface area contributed by atoms with E-state index in [0.29, 0.717) is 6.29 Å². The van der Waals surface area contributed by atoms with Crippen molar-refractivity contribution in [1.29, 1.82) is 0 Å². The smallest absolute Gasteiger partial charge is 0.352 e. The number of nitrogens with zero attached hydrogens (tertiary/aromatic N) is 1. The Morgan fingerprint density at radius 2 is 1.96 bits per heavy atom. The Balaban J connectivity index is 1.77. The van der Waals surface area contributed by atoms with E-state index in [1.807, 2.05) is 0 Å². The molecule has 1 aromatic carbocycles. The molecule has 0 saturated carbocycles. The molecule has 0 aliphatic carbocycles. The van der Waals surface area contributed by atoms with Crippen molar-refractivity contribution in [2.45, 2.75) is 23.1 Å². The van der Waals surface area contributed by atoms with E-state index in [4.69, 9.17) is 0 Å². The fraction of sp³-hybridized carbons (Fsp3) is 0.250. The van der Waals surface area contributed by atoms with Crippen LogP contribution in [-0.4, -0.2) is 55.0 Å². The average molecular weight is 362 g/mol. The second-order valence-corrected chi connectivity index (χ2v) is 7.28. The second kappa shape index (κ2) is 6.60. The molecule has 2 aliphatic rings. The zero-order valence-electron chi connectivity index (χ0n) is 12.8. The van der Waals surface area contributed by atoms with Gasteiger partial charge in [-0.15, -0.1) is 0 Å². The van der Waals surface area contributed by atoms with Crippen LogP contribution < -0.4 is 5.32 Å². The molecule has 1 saturated heterocycles. The molecule has 3 unspecified atom stereocenters. The summed E-state index contributed by atoms with van der Waals surface area (Å²) in [5.74, 6) is -2.50. The molecule has 4 atom stereocenters. The Bertz CT molecular complexity index is 806. The Labute approximate surface area is 145 Å². The van der Waals surface area contributed by atoms with E-state index in [1.165, 1.54) is 0 Å². The lowest BCUT2D eigenvalue weighted by atomic mass is 10.0. The summed E-state index contributed by atoms with van der Waals surface area (Å²) in [6, 6.07) is 7.74. The van der Waals surface area contributed by atoms with Gasteiger partial charge in [0.2, 0.25) is 5.91 Å². The summed E-state index contributed by atoms with van der Waals surface area (Å²) in [6.07, 6.45) is 1.41. The summed E-state index contributed by atoms with van der Waals surface area (Å²) >= 11 is 0. The summed E-state index contributed by atoms with van der Waals surface area (Å²) in [4.78, 5) is 47.5. The van der Waals surface area contributed by atoms with Crippen LogP contribution in [0.1, 0.15) is 5.56 Å². The number of carbonyl (C=O) groups is 4. The predicted molar refractivity (Wildman–Crippen MR) is 86.4 cm³/mol. The first-order valence-electron chi connectivity index (χ1n) is 7.40. The minimum Gasteiger partial charge on any atom is -0.477 e. The van der Waals surface area contributed by atoms with Crippen LogP contribution in [0.25, 0.3) is 0 Å².